The van der Waals surface area contributed by atoms with Crippen molar-refractivity contribution in [3.63, 3.8) is 0 Å². The highest BCUT2D eigenvalue weighted by Crippen LogP contribution is 2.31. The number of nitrogens with zero attached hydrogens (tertiary/aromatic N) is 2. The second-order valence-electron chi connectivity index (χ2n) is 6.08. The predicted molar refractivity (Wildman–Crippen MR) is 74.9 cm³/mol. The zero-order chi connectivity index (χ0) is 12.4. The van der Waals surface area contributed by atoms with Crippen LogP contribution in [0.4, 0.5) is 5.95 Å². The van der Waals surface area contributed by atoms with E-state index < -0.39 is 0 Å². The van der Waals surface area contributed by atoms with Crippen molar-refractivity contribution in [3.05, 3.63) is 11.9 Å². The Morgan fingerprint density at radius 2 is 1.94 bits per heavy atom. The van der Waals surface area contributed by atoms with Crippen LogP contribution in [0.5, 0.6) is 0 Å². The largest absolute Gasteiger partial charge is 0.355 e. The van der Waals surface area contributed by atoms with Crippen LogP contribution in [0.15, 0.2) is 6.20 Å². The van der Waals surface area contributed by atoms with Crippen LogP contribution < -0.4 is 5.32 Å². The van der Waals surface area contributed by atoms with Crippen molar-refractivity contribution in [3.8, 4) is 0 Å². The number of hydrogen-bond acceptors (Lipinski definition) is 2. The van der Waals surface area contributed by atoms with Crippen LogP contribution in [0.3, 0.4) is 0 Å². The van der Waals surface area contributed by atoms with Gasteiger partial charge in [0.25, 0.3) is 0 Å². The van der Waals surface area contributed by atoms with Crippen LogP contribution in [0.2, 0.25) is 0 Å². The Morgan fingerprint density at radius 1 is 1.17 bits per heavy atom. The minimum absolute atomic E-state index is 0.684. The van der Waals surface area contributed by atoms with Gasteiger partial charge in [-0.15, -0.1) is 0 Å². The van der Waals surface area contributed by atoms with E-state index in [1.807, 2.05) is 0 Å². The molecular weight excluding hydrogens is 222 g/mol. The monoisotopic (exact) mass is 247 g/mol. The summed E-state index contributed by atoms with van der Waals surface area (Å²) in [4.78, 5) is 4.67. The molecule has 3 rings (SSSR count). The van der Waals surface area contributed by atoms with Gasteiger partial charge < -0.3 is 9.88 Å². The Bertz CT molecular complexity index is 386. The first-order chi connectivity index (χ1) is 8.83. The smallest absolute Gasteiger partial charge is 0.203 e. The maximum Gasteiger partial charge on any atom is 0.203 e. The summed E-state index contributed by atoms with van der Waals surface area (Å²) in [6.07, 6.45) is 13.3. The molecule has 0 amide bonds. The molecule has 2 aliphatic carbocycles. The molecule has 0 spiro atoms. The minimum Gasteiger partial charge on any atom is -0.355 e. The molecule has 1 aromatic rings. The van der Waals surface area contributed by atoms with Gasteiger partial charge in [0.2, 0.25) is 5.95 Å². The van der Waals surface area contributed by atoms with Gasteiger partial charge in [-0.2, -0.15) is 0 Å². The van der Waals surface area contributed by atoms with E-state index in [0.717, 1.165) is 24.1 Å². The first-order valence-corrected chi connectivity index (χ1v) is 7.62. The lowest BCUT2D eigenvalue weighted by atomic mass is 9.85. The van der Waals surface area contributed by atoms with Gasteiger partial charge >= 0.3 is 0 Å². The number of hydrogen-bond donors (Lipinski definition) is 1. The standard InChI is InChI=1S/C15H25N3/c1-12-11-18(14-8-3-2-4-9-14)15(17-12)16-10-13-6-5-7-13/h11,13-14H,2-10H2,1H3,(H,16,17). The molecule has 3 heteroatoms. The van der Waals surface area contributed by atoms with Crippen molar-refractivity contribution in [2.24, 2.45) is 5.92 Å². The fourth-order valence-electron chi connectivity index (χ4n) is 3.22. The van der Waals surface area contributed by atoms with Gasteiger partial charge in [-0.25, -0.2) is 4.98 Å². The lowest BCUT2D eigenvalue weighted by Crippen LogP contribution is -2.23. The molecule has 0 radical (unpaired) electrons. The van der Waals surface area contributed by atoms with E-state index >= 15 is 0 Å². The maximum absolute atomic E-state index is 4.67. The first kappa shape index (κ1) is 12.1. The minimum atomic E-state index is 0.684. The van der Waals surface area contributed by atoms with Gasteiger partial charge in [0.05, 0.1) is 5.69 Å². The third kappa shape index (κ3) is 2.55. The lowest BCUT2D eigenvalue weighted by Gasteiger charge is -2.28. The molecule has 2 saturated carbocycles. The third-order valence-corrected chi connectivity index (χ3v) is 4.59. The van der Waals surface area contributed by atoms with Gasteiger partial charge in [0.15, 0.2) is 0 Å². The topological polar surface area (TPSA) is 29.9 Å². The number of anilines is 1. The van der Waals surface area contributed by atoms with Crippen molar-refractivity contribution >= 4 is 5.95 Å². The Morgan fingerprint density at radius 3 is 2.61 bits per heavy atom. The van der Waals surface area contributed by atoms with Gasteiger partial charge in [0, 0.05) is 18.8 Å². The zero-order valence-corrected chi connectivity index (χ0v) is 11.5. The second kappa shape index (κ2) is 5.33. The second-order valence-corrected chi connectivity index (χ2v) is 6.08. The summed E-state index contributed by atoms with van der Waals surface area (Å²) >= 11 is 0. The Hall–Kier alpha value is -0.990. The molecule has 0 aromatic carbocycles. The zero-order valence-electron chi connectivity index (χ0n) is 11.5. The average molecular weight is 247 g/mol. The van der Waals surface area contributed by atoms with Crippen LogP contribution >= 0.6 is 0 Å². The Balaban J connectivity index is 1.67. The predicted octanol–water partition coefficient (Wildman–Crippen LogP) is 3.91. The van der Waals surface area contributed by atoms with Crippen LogP contribution in [-0.4, -0.2) is 16.1 Å². The van der Waals surface area contributed by atoms with Gasteiger partial charge in [-0.05, 0) is 38.5 Å². The van der Waals surface area contributed by atoms with Crippen molar-refractivity contribution in [1.29, 1.82) is 0 Å². The van der Waals surface area contributed by atoms with Crippen molar-refractivity contribution in [2.45, 2.75) is 64.3 Å². The first-order valence-electron chi connectivity index (χ1n) is 7.62. The quantitative estimate of drug-likeness (QED) is 0.874. The van der Waals surface area contributed by atoms with Crippen LogP contribution in [0, 0.1) is 12.8 Å². The SMILES string of the molecule is Cc1cn(C2CCCCC2)c(NCC2CCC2)n1. The average Bonchev–Trinajstić information content (AvgIpc) is 2.70. The van der Waals surface area contributed by atoms with Gasteiger partial charge in [-0.3, -0.25) is 0 Å². The van der Waals surface area contributed by atoms with Crippen molar-refractivity contribution in [2.75, 3.05) is 11.9 Å². The number of aromatic nitrogens is 2. The van der Waals surface area contributed by atoms with E-state index in [0.29, 0.717) is 6.04 Å². The summed E-state index contributed by atoms with van der Waals surface area (Å²) in [7, 11) is 0. The molecule has 100 valence electrons. The van der Waals surface area contributed by atoms with Gasteiger partial charge in [-0.1, -0.05) is 25.7 Å². The molecular formula is C15H25N3. The highest BCUT2D eigenvalue weighted by atomic mass is 15.2. The molecule has 0 unspecified atom stereocenters. The van der Waals surface area contributed by atoms with Crippen molar-refractivity contribution in [1.82, 2.24) is 9.55 Å². The van der Waals surface area contributed by atoms with E-state index in [-0.39, 0.29) is 0 Å². The summed E-state index contributed by atoms with van der Waals surface area (Å²) in [5.74, 6) is 2.01. The molecule has 0 saturated heterocycles. The van der Waals surface area contributed by atoms with Crippen LogP contribution in [-0.2, 0) is 0 Å². The highest BCUT2D eigenvalue weighted by Gasteiger charge is 2.21. The van der Waals surface area contributed by atoms with Crippen LogP contribution in [0.1, 0.15) is 63.1 Å². The van der Waals surface area contributed by atoms with E-state index in [4.69, 9.17) is 0 Å². The summed E-state index contributed by atoms with van der Waals surface area (Å²) in [5.41, 5.74) is 1.15. The molecule has 2 aliphatic rings. The summed E-state index contributed by atoms with van der Waals surface area (Å²) in [6, 6.07) is 0.684. The van der Waals surface area contributed by atoms with E-state index in [1.165, 1.54) is 51.4 Å². The third-order valence-electron chi connectivity index (χ3n) is 4.59. The van der Waals surface area contributed by atoms with E-state index in [1.54, 1.807) is 0 Å². The number of rotatable bonds is 4. The molecule has 18 heavy (non-hydrogen) atoms. The molecule has 2 fully saturated rings. The maximum atomic E-state index is 4.67. The molecule has 0 aliphatic heterocycles. The Labute approximate surface area is 110 Å². The number of aryl methyl sites for hydroxylation is 1. The fraction of sp³-hybridized carbons (Fsp3) is 0.800. The number of imidazole rings is 1. The summed E-state index contributed by atoms with van der Waals surface area (Å²) < 4.78 is 2.41. The molecule has 1 heterocycles. The Kier molecular flexibility index (Phi) is 3.57. The normalized spacial score (nSPS) is 21.8. The fourth-order valence-corrected chi connectivity index (χ4v) is 3.22. The number of nitrogens with one attached hydrogen (secondary N) is 1. The highest BCUT2D eigenvalue weighted by molar-refractivity contribution is 5.30. The molecule has 3 nitrogen and oxygen atoms in total. The summed E-state index contributed by atoms with van der Waals surface area (Å²) in [5, 5.41) is 3.59. The van der Waals surface area contributed by atoms with E-state index in [2.05, 4.69) is 28.0 Å². The van der Waals surface area contributed by atoms with Crippen LogP contribution in [0.25, 0.3) is 0 Å². The summed E-state index contributed by atoms with van der Waals surface area (Å²) in [6.45, 7) is 3.22. The van der Waals surface area contributed by atoms with Crippen molar-refractivity contribution < 1.29 is 0 Å². The van der Waals surface area contributed by atoms with E-state index in [9.17, 15) is 0 Å². The molecule has 0 atom stereocenters. The lowest BCUT2D eigenvalue weighted by molar-refractivity contribution is 0.329. The molecule has 0 bridgehead atoms. The molecule has 1 N–H and O–H groups in total. The van der Waals surface area contributed by atoms with Gasteiger partial charge in [0.1, 0.15) is 0 Å². The molecule has 1 aromatic heterocycles.